The third kappa shape index (κ3) is 11.2. The van der Waals surface area contributed by atoms with Crippen LogP contribution in [0.5, 0.6) is 0 Å². The maximum atomic E-state index is 12.0. The Balaban J connectivity index is 4.31. The fourth-order valence-corrected chi connectivity index (χ4v) is 1.20. The minimum Gasteiger partial charge on any atom is -0.466 e. The first-order valence-corrected chi connectivity index (χ1v) is 6.75. The molecule has 0 aromatic carbocycles. The van der Waals surface area contributed by atoms with E-state index in [0.717, 1.165) is 17.3 Å². The predicted octanol–water partition coefficient (Wildman–Crippen LogP) is -1.61. The number of carbonyl (C=O) groups is 3. The van der Waals surface area contributed by atoms with Crippen LogP contribution in [-0.2, 0) is 33.3 Å². The van der Waals surface area contributed by atoms with Crippen molar-refractivity contribution in [1.82, 2.24) is 16.0 Å². The molecule has 0 saturated carbocycles. The molecule has 0 aliphatic heterocycles. The second-order valence-electron chi connectivity index (χ2n) is 4.00. The SMILES string of the molecule is COCCNN(NCCOC)C(=O)COC(=O)/C=C/C(=O)OC. The standard InChI is InChI=1S/C13H23N3O7/c1-20-8-6-14-16(15-7-9-21-2)11(17)10-23-13(19)5-4-12(18)22-3/h4-5,14-15H,6-10H2,1-3H3/b5-4+. The molecule has 10 heteroatoms. The highest BCUT2D eigenvalue weighted by atomic mass is 16.5. The lowest BCUT2D eigenvalue weighted by Crippen LogP contribution is -2.54. The molecule has 0 unspecified atom stereocenters. The summed E-state index contributed by atoms with van der Waals surface area (Å²) in [4.78, 5) is 34.1. The summed E-state index contributed by atoms with van der Waals surface area (Å²) in [5, 5.41) is 1.09. The van der Waals surface area contributed by atoms with Gasteiger partial charge in [-0.2, -0.15) is 0 Å². The number of nitrogens with one attached hydrogen (secondary N) is 2. The highest BCUT2D eigenvalue weighted by Crippen LogP contribution is 1.88. The minimum absolute atomic E-state index is 0.373. The van der Waals surface area contributed by atoms with Crippen molar-refractivity contribution in [2.75, 3.05) is 54.2 Å². The summed E-state index contributed by atoms with van der Waals surface area (Å²) in [6, 6.07) is 0. The van der Waals surface area contributed by atoms with E-state index in [9.17, 15) is 14.4 Å². The zero-order valence-electron chi connectivity index (χ0n) is 13.5. The van der Waals surface area contributed by atoms with E-state index < -0.39 is 24.5 Å². The van der Waals surface area contributed by atoms with E-state index in [1.54, 1.807) is 0 Å². The second kappa shape index (κ2) is 13.6. The fourth-order valence-electron chi connectivity index (χ4n) is 1.20. The monoisotopic (exact) mass is 333 g/mol. The first-order valence-electron chi connectivity index (χ1n) is 6.75. The number of hydrazine groups is 2. The number of carbonyl (C=O) groups excluding carboxylic acids is 3. The van der Waals surface area contributed by atoms with Gasteiger partial charge < -0.3 is 18.9 Å². The maximum Gasteiger partial charge on any atom is 0.331 e. The van der Waals surface area contributed by atoms with Crippen LogP contribution < -0.4 is 10.9 Å². The Morgan fingerprint density at radius 3 is 1.91 bits per heavy atom. The van der Waals surface area contributed by atoms with Gasteiger partial charge in [-0.15, -0.1) is 0 Å². The lowest BCUT2D eigenvalue weighted by atomic mass is 10.5. The maximum absolute atomic E-state index is 12.0. The van der Waals surface area contributed by atoms with Gasteiger partial charge in [-0.1, -0.05) is 0 Å². The van der Waals surface area contributed by atoms with E-state index in [2.05, 4.69) is 15.6 Å². The zero-order chi connectivity index (χ0) is 17.5. The van der Waals surface area contributed by atoms with Crippen LogP contribution in [0.3, 0.4) is 0 Å². The van der Waals surface area contributed by atoms with Crippen molar-refractivity contribution in [3.8, 4) is 0 Å². The molecule has 0 atom stereocenters. The summed E-state index contributed by atoms with van der Waals surface area (Å²) < 4.78 is 18.8. The molecule has 0 aliphatic rings. The van der Waals surface area contributed by atoms with Crippen LogP contribution in [-0.4, -0.2) is 77.2 Å². The Kier molecular flexibility index (Phi) is 12.4. The van der Waals surface area contributed by atoms with E-state index >= 15 is 0 Å². The molecule has 0 radical (unpaired) electrons. The lowest BCUT2D eigenvalue weighted by Gasteiger charge is -2.23. The van der Waals surface area contributed by atoms with Crippen molar-refractivity contribution in [3.63, 3.8) is 0 Å². The summed E-state index contributed by atoms with van der Waals surface area (Å²) >= 11 is 0. The van der Waals surface area contributed by atoms with Gasteiger partial charge in [-0.25, -0.2) is 25.6 Å². The zero-order valence-corrected chi connectivity index (χ0v) is 13.5. The molecule has 2 N–H and O–H groups in total. The molecule has 0 heterocycles. The van der Waals surface area contributed by atoms with Crippen molar-refractivity contribution in [1.29, 1.82) is 0 Å². The smallest absolute Gasteiger partial charge is 0.331 e. The van der Waals surface area contributed by atoms with Gasteiger partial charge in [0.25, 0.3) is 5.91 Å². The molecule has 10 nitrogen and oxygen atoms in total. The third-order valence-corrected chi connectivity index (χ3v) is 2.30. The summed E-state index contributed by atoms with van der Waals surface area (Å²) in [7, 11) is 4.24. The minimum atomic E-state index is -0.836. The molecule has 0 aromatic rings. The van der Waals surface area contributed by atoms with Crippen molar-refractivity contribution in [2.24, 2.45) is 0 Å². The lowest BCUT2D eigenvalue weighted by molar-refractivity contribution is -0.152. The van der Waals surface area contributed by atoms with Gasteiger partial charge in [-0.05, 0) is 0 Å². The van der Waals surface area contributed by atoms with Gasteiger partial charge in [0.15, 0.2) is 6.61 Å². The molecule has 0 aromatic heterocycles. The van der Waals surface area contributed by atoms with Crippen LogP contribution in [0, 0.1) is 0 Å². The highest BCUT2D eigenvalue weighted by molar-refractivity contribution is 5.92. The average Bonchev–Trinajstić information content (AvgIpc) is 2.56. The van der Waals surface area contributed by atoms with Crippen LogP contribution in [0.15, 0.2) is 12.2 Å². The van der Waals surface area contributed by atoms with Crippen LogP contribution in [0.25, 0.3) is 0 Å². The molecule has 0 bridgehead atoms. The molecule has 23 heavy (non-hydrogen) atoms. The van der Waals surface area contributed by atoms with Crippen LogP contribution in [0.4, 0.5) is 0 Å². The molecule has 0 spiro atoms. The number of methoxy groups -OCH3 is 3. The molecular weight excluding hydrogens is 310 g/mol. The van der Waals surface area contributed by atoms with Crippen molar-refractivity contribution >= 4 is 17.8 Å². The van der Waals surface area contributed by atoms with Gasteiger partial charge >= 0.3 is 11.9 Å². The fraction of sp³-hybridized carbons (Fsp3) is 0.615. The highest BCUT2D eigenvalue weighted by Gasteiger charge is 2.14. The molecule has 132 valence electrons. The van der Waals surface area contributed by atoms with Crippen molar-refractivity contribution in [2.45, 2.75) is 0 Å². The molecule has 0 aliphatic carbocycles. The number of ether oxygens (including phenoxy) is 4. The topological polar surface area (TPSA) is 115 Å². The summed E-state index contributed by atoms with van der Waals surface area (Å²) in [5.41, 5.74) is 5.54. The normalized spacial score (nSPS) is 10.6. The molecular formula is C13H23N3O7. The number of hydrogen-bond donors (Lipinski definition) is 2. The summed E-state index contributed by atoms with van der Waals surface area (Å²) in [6.07, 6.45) is 1.78. The van der Waals surface area contributed by atoms with E-state index in [-0.39, 0.29) is 0 Å². The van der Waals surface area contributed by atoms with Crippen LogP contribution in [0.1, 0.15) is 0 Å². The Morgan fingerprint density at radius 2 is 1.43 bits per heavy atom. The van der Waals surface area contributed by atoms with E-state index in [0.29, 0.717) is 26.3 Å². The third-order valence-electron chi connectivity index (χ3n) is 2.30. The van der Waals surface area contributed by atoms with E-state index in [1.165, 1.54) is 21.3 Å². The number of amides is 1. The number of esters is 2. The Bertz CT molecular complexity index is 391. The Morgan fingerprint density at radius 1 is 0.913 bits per heavy atom. The second-order valence-corrected chi connectivity index (χ2v) is 4.00. The first kappa shape index (κ1) is 21.0. The average molecular weight is 333 g/mol. The Labute approximate surface area is 134 Å². The quantitative estimate of drug-likeness (QED) is 0.188. The van der Waals surface area contributed by atoms with Gasteiger partial charge in [0.2, 0.25) is 0 Å². The van der Waals surface area contributed by atoms with Crippen molar-refractivity contribution < 1.29 is 33.3 Å². The molecule has 1 amide bonds. The van der Waals surface area contributed by atoms with Crippen LogP contribution in [0.2, 0.25) is 0 Å². The summed E-state index contributed by atoms with van der Waals surface area (Å²) in [5.74, 6) is -2.06. The Hall–Kier alpha value is -2.01. The molecule has 0 rings (SSSR count). The number of hydrogen-bond acceptors (Lipinski definition) is 9. The number of nitrogens with zero attached hydrogens (tertiary/aromatic N) is 1. The van der Waals surface area contributed by atoms with Gasteiger partial charge in [0.05, 0.1) is 20.3 Å². The van der Waals surface area contributed by atoms with E-state index in [1.807, 2.05) is 0 Å². The van der Waals surface area contributed by atoms with Crippen molar-refractivity contribution in [3.05, 3.63) is 12.2 Å². The van der Waals surface area contributed by atoms with Gasteiger partial charge in [-0.3, -0.25) is 4.79 Å². The van der Waals surface area contributed by atoms with Gasteiger partial charge in [0.1, 0.15) is 0 Å². The van der Waals surface area contributed by atoms with Gasteiger partial charge in [0, 0.05) is 39.5 Å². The van der Waals surface area contributed by atoms with Crippen LogP contribution >= 0.6 is 0 Å². The summed E-state index contributed by atoms with van der Waals surface area (Å²) in [6.45, 7) is 1.01. The molecule has 0 fully saturated rings. The number of rotatable bonds is 12. The van der Waals surface area contributed by atoms with E-state index in [4.69, 9.17) is 14.2 Å². The molecule has 0 saturated heterocycles. The predicted molar refractivity (Wildman–Crippen MR) is 78.7 cm³/mol. The largest absolute Gasteiger partial charge is 0.466 e. The first-order chi connectivity index (χ1) is 11.0.